The zero-order valence-corrected chi connectivity index (χ0v) is 12.9. The van der Waals surface area contributed by atoms with Crippen molar-refractivity contribution in [3.63, 3.8) is 0 Å². The van der Waals surface area contributed by atoms with Crippen LogP contribution in [0.5, 0.6) is 0 Å². The van der Waals surface area contributed by atoms with Crippen LogP contribution < -0.4 is 0 Å². The van der Waals surface area contributed by atoms with Crippen molar-refractivity contribution in [2.24, 2.45) is 5.92 Å². The van der Waals surface area contributed by atoms with E-state index in [-0.39, 0.29) is 0 Å². The van der Waals surface area contributed by atoms with Gasteiger partial charge in [0.15, 0.2) is 0 Å². The zero-order chi connectivity index (χ0) is 13.3. The maximum atomic E-state index is 3.66. The van der Waals surface area contributed by atoms with Gasteiger partial charge >= 0.3 is 0 Å². The van der Waals surface area contributed by atoms with Crippen molar-refractivity contribution in [3.8, 4) is 0 Å². The Kier molecular flexibility index (Phi) is 6.16. The maximum Gasteiger partial charge on any atom is 0.00628 e. The highest BCUT2D eigenvalue weighted by Gasteiger charge is 2.08. The van der Waals surface area contributed by atoms with Crippen molar-refractivity contribution in [2.75, 3.05) is 5.33 Å². The molecular formula is C18H21Br. The smallest absolute Gasteiger partial charge is 0.00628 e. The highest BCUT2D eigenvalue weighted by molar-refractivity contribution is 9.09. The molecule has 0 amide bonds. The topological polar surface area (TPSA) is 0 Å². The Hall–Kier alpha value is -1.08. The minimum Gasteiger partial charge on any atom is -0.0925 e. The van der Waals surface area contributed by atoms with Crippen molar-refractivity contribution in [1.82, 2.24) is 0 Å². The summed E-state index contributed by atoms with van der Waals surface area (Å²) in [7, 11) is 0. The van der Waals surface area contributed by atoms with Gasteiger partial charge < -0.3 is 0 Å². The lowest BCUT2D eigenvalue weighted by Crippen LogP contribution is -2.06. The minimum atomic E-state index is 0.742. The lowest BCUT2D eigenvalue weighted by Gasteiger charge is -2.14. The molecule has 0 saturated carbocycles. The maximum absolute atomic E-state index is 3.66. The van der Waals surface area contributed by atoms with Gasteiger partial charge in [-0.2, -0.15) is 0 Å². The van der Waals surface area contributed by atoms with E-state index in [1.54, 1.807) is 0 Å². The summed E-state index contributed by atoms with van der Waals surface area (Å²) >= 11 is 3.66. The number of halogens is 1. The third-order valence-electron chi connectivity index (χ3n) is 3.51. The molecule has 2 aromatic carbocycles. The van der Waals surface area contributed by atoms with E-state index in [1.165, 1.54) is 36.8 Å². The van der Waals surface area contributed by atoms with Crippen LogP contribution in [-0.4, -0.2) is 5.33 Å². The SMILES string of the molecule is BrCC(CCCc1ccccc1)Cc1ccccc1. The summed E-state index contributed by atoms with van der Waals surface area (Å²) in [6, 6.07) is 21.6. The van der Waals surface area contributed by atoms with Gasteiger partial charge in [0, 0.05) is 5.33 Å². The monoisotopic (exact) mass is 316 g/mol. The normalized spacial score (nSPS) is 12.3. The lowest BCUT2D eigenvalue weighted by molar-refractivity contribution is 0.518. The summed E-state index contributed by atoms with van der Waals surface area (Å²) < 4.78 is 0. The first kappa shape index (κ1) is 14.3. The molecule has 1 unspecified atom stereocenters. The summed E-state index contributed by atoms with van der Waals surface area (Å²) in [6.45, 7) is 0. The quantitative estimate of drug-likeness (QED) is 0.611. The molecule has 0 fully saturated rings. The van der Waals surface area contributed by atoms with E-state index in [9.17, 15) is 0 Å². The summed E-state index contributed by atoms with van der Waals surface area (Å²) in [5.74, 6) is 0.742. The van der Waals surface area contributed by atoms with Crippen molar-refractivity contribution < 1.29 is 0 Å². The van der Waals surface area contributed by atoms with Crippen LogP contribution in [0.15, 0.2) is 60.7 Å². The largest absolute Gasteiger partial charge is 0.0925 e. The predicted octanol–water partition coefficient (Wildman–Crippen LogP) is 5.26. The standard InChI is InChI=1S/C18H21Br/c19-15-18(14-17-10-5-2-6-11-17)13-7-12-16-8-3-1-4-9-16/h1-6,8-11,18H,7,12-15H2. The molecule has 0 aliphatic rings. The van der Waals surface area contributed by atoms with Gasteiger partial charge in [0.1, 0.15) is 0 Å². The summed E-state index contributed by atoms with van der Waals surface area (Å²) in [5, 5.41) is 1.09. The molecule has 0 bridgehead atoms. The molecule has 2 aromatic rings. The molecule has 1 heteroatoms. The van der Waals surface area contributed by atoms with Crippen LogP contribution >= 0.6 is 15.9 Å². The molecule has 0 aromatic heterocycles. The van der Waals surface area contributed by atoms with Crippen molar-refractivity contribution in [3.05, 3.63) is 71.8 Å². The molecule has 0 aliphatic carbocycles. The van der Waals surface area contributed by atoms with Crippen LogP contribution in [0.25, 0.3) is 0 Å². The molecule has 19 heavy (non-hydrogen) atoms. The van der Waals surface area contributed by atoms with Crippen molar-refractivity contribution in [2.45, 2.75) is 25.7 Å². The van der Waals surface area contributed by atoms with E-state index < -0.39 is 0 Å². The molecule has 0 radical (unpaired) electrons. The zero-order valence-electron chi connectivity index (χ0n) is 11.3. The van der Waals surface area contributed by atoms with Gasteiger partial charge in [0.25, 0.3) is 0 Å². The highest BCUT2D eigenvalue weighted by atomic mass is 79.9. The Morgan fingerprint density at radius 3 is 1.95 bits per heavy atom. The number of rotatable bonds is 7. The second kappa shape index (κ2) is 8.16. The Morgan fingerprint density at radius 2 is 1.37 bits per heavy atom. The molecule has 0 spiro atoms. The van der Waals surface area contributed by atoms with E-state index in [0.29, 0.717) is 0 Å². The molecule has 0 heterocycles. The lowest BCUT2D eigenvalue weighted by atomic mass is 9.95. The van der Waals surface area contributed by atoms with Gasteiger partial charge in [0.2, 0.25) is 0 Å². The third kappa shape index (κ3) is 5.20. The van der Waals surface area contributed by atoms with Crippen LogP contribution in [-0.2, 0) is 12.8 Å². The van der Waals surface area contributed by atoms with Crippen LogP contribution in [0.3, 0.4) is 0 Å². The van der Waals surface area contributed by atoms with Gasteiger partial charge in [0.05, 0.1) is 0 Å². The van der Waals surface area contributed by atoms with Crippen molar-refractivity contribution in [1.29, 1.82) is 0 Å². The molecule has 0 saturated heterocycles. The molecule has 1 atom stereocenters. The number of alkyl halides is 1. The first-order valence-corrected chi connectivity index (χ1v) is 8.14. The van der Waals surface area contributed by atoms with Gasteiger partial charge in [-0.15, -0.1) is 0 Å². The number of hydrogen-bond acceptors (Lipinski definition) is 0. The fourth-order valence-electron chi connectivity index (χ4n) is 2.42. The average molecular weight is 317 g/mol. The predicted molar refractivity (Wildman–Crippen MR) is 86.8 cm³/mol. The highest BCUT2D eigenvalue weighted by Crippen LogP contribution is 2.18. The summed E-state index contributed by atoms with van der Waals surface area (Å²) in [4.78, 5) is 0. The Balaban J connectivity index is 1.77. The number of benzene rings is 2. The van der Waals surface area contributed by atoms with Gasteiger partial charge in [-0.3, -0.25) is 0 Å². The van der Waals surface area contributed by atoms with E-state index in [0.717, 1.165) is 11.2 Å². The molecule has 0 nitrogen and oxygen atoms in total. The van der Waals surface area contributed by atoms with Gasteiger partial charge in [-0.25, -0.2) is 0 Å². The van der Waals surface area contributed by atoms with E-state index in [2.05, 4.69) is 76.6 Å². The first-order valence-electron chi connectivity index (χ1n) is 7.02. The Bertz CT molecular complexity index is 450. The van der Waals surface area contributed by atoms with E-state index in [4.69, 9.17) is 0 Å². The van der Waals surface area contributed by atoms with Crippen molar-refractivity contribution >= 4 is 15.9 Å². The summed E-state index contributed by atoms with van der Waals surface area (Å²) in [5.41, 5.74) is 2.90. The van der Waals surface area contributed by atoms with E-state index in [1.807, 2.05) is 0 Å². The fraction of sp³-hybridized carbons (Fsp3) is 0.333. The summed E-state index contributed by atoms with van der Waals surface area (Å²) in [6.07, 6.45) is 4.93. The van der Waals surface area contributed by atoms with Crippen LogP contribution in [0.2, 0.25) is 0 Å². The van der Waals surface area contributed by atoms with Gasteiger partial charge in [-0.05, 0) is 42.7 Å². The third-order valence-corrected chi connectivity index (χ3v) is 4.42. The molecule has 2 rings (SSSR count). The minimum absolute atomic E-state index is 0.742. The van der Waals surface area contributed by atoms with Crippen LogP contribution in [0.4, 0.5) is 0 Å². The first-order chi connectivity index (χ1) is 9.38. The van der Waals surface area contributed by atoms with Crippen LogP contribution in [0.1, 0.15) is 24.0 Å². The second-order valence-corrected chi connectivity index (χ2v) is 5.74. The molecular weight excluding hydrogens is 296 g/mol. The second-order valence-electron chi connectivity index (χ2n) is 5.09. The molecule has 0 aliphatic heterocycles. The average Bonchev–Trinajstić information content (AvgIpc) is 2.48. The molecule has 100 valence electrons. The van der Waals surface area contributed by atoms with Gasteiger partial charge in [-0.1, -0.05) is 76.6 Å². The Labute approximate surface area is 125 Å². The van der Waals surface area contributed by atoms with Crippen LogP contribution in [0, 0.1) is 5.92 Å². The van der Waals surface area contributed by atoms with E-state index >= 15 is 0 Å². The Morgan fingerprint density at radius 1 is 0.789 bits per heavy atom. The molecule has 0 N–H and O–H groups in total. The number of aryl methyl sites for hydroxylation is 1. The fourth-order valence-corrected chi connectivity index (χ4v) is 2.97. The number of hydrogen-bond donors (Lipinski definition) is 0.